The Morgan fingerprint density at radius 3 is 2.45 bits per heavy atom. The van der Waals surface area contributed by atoms with Crippen LogP contribution in [-0.2, 0) is 0 Å². The second kappa shape index (κ2) is 6.38. The Balaban J connectivity index is 3.52. The number of nitrogens with two attached hydrogens (primary N) is 1. The number of hydrogen-bond donors (Lipinski definition) is 2. The van der Waals surface area contributed by atoms with Crippen LogP contribution in [-0.4, -0.2) is 19.1 Å². The van der Waals surface area contributed by atoms with Gasteiger partial charge in [-0.3, -0.25) is 0 Å². The second-order valence-corrected chi connectivity index (χ2v) is 2.98. The van der Waals surface area contributed by atoms with Gasteiger partial charge >= 0.3 is 0 Å². The highest BCUT2D eigenvalue weighted by Gasteiger charge is 2.01. The van der Waals surface area contributed by atoms with Gasteiger partial charge in [0.2, 0.25) is 0 Å². The maximum absolute atomic E-state index is 5.64. The van der Waals surface area contributed by atoms with Crippen molar-refractivity contribution in [1.82, 2.24) is 5.32 Å². The lowest BCUT2D eigenvalue weighted by atomic mass is 10.1. The van der Waals surface area contributed by atoms with Crippen LogP contribution in [0.15, 0.2) is 12.2 Å². The van der Waals surface area contributed by atoms with Crippen molar-refractivity contribution < 1.29 is 0 Å². The lowest BCUT2D eigenvalue weighted by molar-refractivity contribution is 0.541. The molecule has 2 unspecified atom stereocenters. The summed E-state index contributed by atoms with van der Waals surface area (Å²) in [5, 5.41) is 3.22. The van der Waals surface area contributed by atoms with Gasteiger partial charge in [0.1, 0.15) is 0 Å². The van der Waals surface area contributed by atoms with E-state index in [4.69, 9.17) is 5.73 Å². The van der Waals surface area contributed by atoms with Gasteiger partial charge in [0, 0.05) is 12.1 Å². The number of hydrogen-bond acceptors (Lipinski definition) is 2. The molecule has 0 bridgehead atoms. The van der Waals surface area contributed by atoms with Crippen LogP contribution in [0.5, 0.6) is 0 Å². The van der Waals surface area contributed by atoms with Crippen molar-refractivity contribution >= 4 is 0 Å². The summed E-state index contributed by atoms with van der Waals surface area (Å²) in [4.78, 5) is 0. The molecule has 2 nitrogen and oxygen atoms in total. The van der Waals surface area contributed by atoms with Crippen molar-refractivity contribution in [1.29, 1.82) is 0 Å². The smallest absolute Gasteiger partial charge is 0.0247 e. The zero-order chi connectivity index (χ0) is 8.69. The van der Waals surface area contributed by atoms with Crippen molar-refractivity contribution in [2.75, 3.05) is 7.05 Å². The first-order valence-electron chi connectivity index (χ1n) is 4.26. The van der Waals surface area contributed by atoms with E-state index in [1.54, 1.807) is 0 Å². The van der Waals surface area contributed by atoms with E-state index in [-0.39, 0.29) is 0 Å². The lowest BCUT2D eigenvalue weighted by Crippen LogP contribution is -2.25. The average Bonchev–Trinajstić information content (AvgIpc) is 1.97. The molecule has 11 heavy (non-hydrogen) atoms. The first-order valence-corrected chi connectivity index (χ1v) is 4.26. The van der Waals surface area contributed by atoms with E-state index >= 15 is 0 Å². The summed E-state index contributed by atoms with van der Waals surface area (Å²) in [7, 11) is 1.98. The molecule has 0 saturated carbocycles. The average molecular weight is 156 g/mol. The van der Waals surface area contributed by atoms with E-state index in [1.165, 1.54) is 0 Å². The molecule has 0 rings (SSSR count). The lowest BCUT2D eigenvalue weighted by Gasteiger charge is -2.12. The summed E-state index contributed by atoms with van der Waals surface area (Å²) < 4.78 is 0. The van der Waals surface area contributed by atoms with Gasteiger partial charge in [-0.15, -0.1) is 0 Å². The fraction of sp³-hybridized carbons (Fsp3) is 0.778. The highest BCUT2D eigenvalue weighted by atomic mass is 14.9. The summed E-state index contributed by atoms with van der Waals surface area (Å²) in [5.74, 6) is 0. The zero-order valence-electron chi connectivity index (χ0n) is 7.80. The van der Waals surface area contributed by atoms with E-state index in [2.05, 4.69) is 17.5 Å². The molecular formula is C9H20N2. The van der Waals surface area contributed by atoms with Crippen LogP contribution in [0, 0.1) is 0 Å². The third kappa shape index (κ3) is 6.07. The molecule has 0 saturated heterocycles. The molecule has 2 heteroatoms. The Kier molecular flexibility index (Phi) is 6.18. The summed E-state index contributed by atoms with van der Waals surface area (Å²) in [6.45, 7) is 4.08. The van der Waals surface area contributed by atoms with Crippen LogP contribution in [0.1, 0.15) is 26.7 Å². The Hall–Kier alpha value is -0.340. The molecule has 0 aliphatic rings. The predicted molar refractivity (Wildman–Crippen MR) is 50.5 cm³/mol. The molecule has 0 fully saturated rings. The number of nitrogens with one attached hydrogen (secondary N) is 1. The normalized spacial score (nSPS) is 17.1. The Morgan fingerprint density at radius 1 is 1.45 bits per heavy atom. The topological polar surface area (TPSA) is 38.0 Å². The summed E-state index contributed by atoms with van der Waals surface area (Å²) in [5.41, 5.74) is 5.64. The SMILES string of the molecule is C/C=C\C(CCC(C)N)NC. The van der Waals surface area contributed by atoms with Crippen molar-refractivity contribution in [3.05, 3.63) is 12.2 Å². The predicted octanol–water partition coefficient (Wildman–Crippen LogP) is 1.28. The molecule has 0 aromatic heterocycles. The number of rotatable bonds is 5. The molecule has 0 amide bonds. The van der Waals surface area contributed by atoms with Gasteiger partial charge < -0.3 is 11.1 Å². The van der Waals surface area contributed by atoms with Crippen molar-refractivity contribution in [2.24, 2.45) is 5.73 Å². The molecule has 2 atom stereocenters. The maximum Gasteiger partial charge on any atom is 0.0247 e. The van der Waals surface area contributed by atoms with Gasteiger partial charge in [0.05, 0.1) is 0 Å². The highest BCUT2D eigenvalue weighted by molar-refractivity contribution is 4.90. The highest BCUT2D eigenvalue weighted by Crippen LogP contribution is 2.00. The molecule has 66 valence electrons. The van der Waals surface area contributed by atoms with Crippen molar-refractivity contribution in [2.45, 2.75) is 38.8 Å². The van der Waals surface area contributed by atoms with Gasteiger partial charge in [0.25, 0.3) is 0 Å². The van der Waals surface area contributed by atoms with Gasteiger partial charge in [-0.05, 0) is 33.7 Å². The standard InChI is InChI=1S/C9H20N2/c1-4-5-9(11-3)7-6-8(2)10/h4-5,8-9,11H,6-7,10H2,1-3H3/b5-4-. The van der Waals surface area contributed by atoms with Crippen molar-refractivity contribution in [3.63, 3.8) is 0 Å². The molecule has 3 N–H and O–H groups in total. The monoisotopic (exact) mass is 156 g/mol. The maximum atomic E-state index is 5.64. The number of likely N-dealkylation sites (N-methyl/N-ethyl adjacent to an activating group) is 1. The van der Waals surface area contributed by atoms with Crippen LogP contribution in [0.2, 0.25) is 0 Å². The summed E-state index contributed by atoms with van der Waals surface area (Å²) in [6.07, 6.45) is 6.44. The summed E-state index contributed by atoms with van der Waals surface area (Å²) >= 11 is 0. The van der Waals surface area contributed by atoms with Crippen LogP contribution in [0.4, 0.5) is 0 Å². The molecule has 0 aromatic carbocycles. The molecule has 0 spiro atoms. The molecule has 0 radical (unpaired) electrons. The first-order chi connectivity index (χ1) is 5.20. The van der Waals surface area contributed by atoms with E-state index in [1.807, 2.05) is 20.9 Å². The Labute approximate surface area is 69.9 Å². The Bertz CT molecular complexity index is 108. The fourth-order valence-corrected chi connectivity index (χ4v) is 1.01. The molecule has 0 aromatic rings. The molecular weight excluding hydrogens is 136 g/mol. The van der Waals surface area contributed by atoms with Crippen molar-refractivity contribution in [3.8, 4) is 0 Å². The van der Waals surface area contributed by atoms with E-state index < -0.39 is 0 Å². The molecule has 0 aliphatic carbocycles. The second-order valence-electron chi connectivity index (χ2n) is 2.98. The molecule has 0 aliphatic heterocycles. The van der Waals surface area contributed by atoms with E-state index in [0.717, 1.165) is 12.8 Å². The largest absolute Gasteiger partial charge is 0.328 e. The summed E-state index contributed by atoms with van der Waals surface area (Å²) in [6, 6.07) is 0.808. The minimum absolute atomic E-state index is 0.316. The van der Waals surface area contributed by atoms with Crippen LogP contribution in [0.3, 0.4) is 0 Å². The van der Waals surface area contributed by atoms with E-state index in [0.29, 0.717) is 12.1 Å². The zero-order valence-corrected chi connectivity index (χ0v) is 7.80. The van der Waals surface area contributed by atoms with Crippen LogP contribution >= 0.6 is 0 Å². The molecule has 0 heterocycles. The van der Waals surface area contributed by atoms with Gasteiger partial charge in [-0.1, -0.05) is 12.2 Å². The van der Waals surface area contributed by atoms with Gasteiger partial charge in [-0.25, -0.2) is 0 Å². The minimum Gasteiger partial charge on any atom is -0.328 e. The Morgan fingerprint density at radius 2 is 2.09 bits per heavy atom. The van der Waals surface area contributed by atoms with Gasteiger partial charge in [-0.2, -0.15) is 0 Å². The third-order valence-corrected chi connectivity index (χ3v) is 1.73. The first kappa shape index (κ1) is 10.7. The van der Waals surface area contributed by atoms with Crippen LogP contribution < -0.4 is 11.1 Å². The van der Waals surface area contributed by atoms with E-state index in [9.17, 15) is 0 Å². The fourth-order valence-electron chi connectivity index (χ4n) is 1.01. The van der Waals surface area contributed by atoms with Gasteiger partial charge in [0.15, 0.2) is 0 Å². The van der Waals surface area contributed by atoms with Crippen LogP contribution in [0.25, 0.3) is 0 Å². The quantitative estimate of drug-likeness (QED) is 0.588. The minimum atomic E-state index is 0.316. The third-order valence-electron chi connectivity index (χ3n) is 1.73. The number of allylic oxidation sites excluding steroid dienone is 1.